The van der Waals surface area contributed by atoms with Crippen LogP contribution in [0, 0.1) is 12.7 Å². The summed E-state index contributed by atoms with van der Waals surface area (Å²) < 4.78 is 13.4. The molecule has 1 unspecified atom stereocenters. The topological polar surface area (TPSA) is 49.3 Å². The summed E-state index contributed by atoms with van der Waals surface area (Å²) in [6.45, 7) is 3.90. The smallest absolute Gasteiger partial charge is 0.254 e. The molecule has 0 saturated carbocycles. The van der Waals surface area contributed by atoms with E-state index in [1.165, 1.54) is 12.1 Å². The van der Waals surface area contributed by atoms with Crippen molar-refractivity contribution in [1.82, 2.24) is 5.32 Å². The number of carbonyl (C=O) groups excluding carboxylic acids is 1. The number of aryl methyl sites for hydroxylation is 1. The van der Waals surface area contributed by atoms with Gasteiger partial charge in [-0.05, 0) is 25.5 Å². The Hall–Kier alpha value is -1.42. The molecule has 0 aliphatic carbocycles. The Labute approximate surface area is 101 Å². The van der Waals surface area contributed by atoms with Gasteiger partial charge in [0, 0.05) is 6.54 Å². The van der Waals surface area contributed by atoms with E-state index in [9.17, 15) is 14.3 Å². The maximum atomic E-state index is 13.4. The lowest BCUT2D eigenvalue weighted by Gasteiger charge is -2.11. The number of nitrogens with one attached hydrogen (secondary N) is 1. The highest BCUT2D eigenvalue weighted by atomic mass is 19.1. The van der Waals surface area contributed by atoms with E-state index in [0.717, 1.165) is 12.0 Å². The summed E-state index contributed by atoms with van der Waals surface area (Å²) in [5.41, 5.74) is 0.847. The second-order valence-electron chi connectivity index (χ2n) is 4.14. The third-order valence-corrected chi connectivity index (χ3v) is 2.49. The van der Waals surface area contributed by atoms with Crippen molar-refractivity contribution < 1.29 is 14.3 Å². The van der Waals surface area contributed by atoms with Crippen molar-refractivity contribution >= 4 is 5.91 Å². The molecule has 0 radical (unpaired) electrons. The van der Waals surface area contributed by atoms with Crippen LogP contribution in [-0.4, -0.2) is 23.7 Å². The maximum absolute atomic E-state index is 13.4. The van der Waals surface area contributed by atoms with Crippen molar-refractivity contribution in [2.45, 2.75) is 32.8 Å². The Morgan fingerprint density at radius 3 is 2.88 bits per heavy atom. The predicted octanol–water partition coefficient (Wildman–Crippen LogP) is 2.02. The van der Waals surface area contributed by atoms with Crippen LogP contribution in [0.5, 0.6) is 0 Å². The van der Waals surface area contributed by atoms with Gasteiger partial charge in [-0.3, -0.25) is 4.79 Å². The van der Waals surface area contributed by atoms with Crippen LogP contribution in [-0.2, 0) is 0 Å². The summed E-state index contributed by atoms with van der Waals surface area (Å²) >= 11 is 0. The van der Waals surface area contributed by atoms with Gasteiger partial charge in [0.2, 0.25) is 0 Å². The van der Waals surface area contributed by atoms with Gasteiger partial charge in [0.25, 0.3) is 5.91 Å². The zero-order valence-electron chi connectivity index (χ0n) is 10.2. The molecule has 1 aromatic carbocycles. The minimum atomic E-state index is -0.572. The average Bonchev–Trinajstić information content (AvgIpc) is 2.29. The number of rotatable bonds is 5. The predicted molar refractivity (Wildman–Crippen MR) is 64.4 cm³/mol. The van der Waals surface area contributed by atoms with Gasteiger partial charge in [0.15, 0.2) is 0 Å². The van der Waals surface area contributed by atoms with Gasteiger partial charge in [-0.2, -0.15) is 0 Å². The maximum Gasteiger partial charge on any atom is 0.254 e. The van der Waals surface area contributed by atoms with Gasteiger partial charge in [-0.15, -0.1) is 0 Å². The van der Waals surface area contributed by atoms with Crippen LogP contribution in [0.3, 0.4) is 0 Å². The number of aliphatic hydroxyl groups is 1. The number of benzene rings is 1. The molecule has 0 saturated heterocycles. The summed E-state index contributed by atoms with van der Waals surface area (Å²) in [7, 11) is 0. The largest absolute Gasteiger partial charge is 0.391 e. The summed E-state index contributed by atoms with van der Waals surface area (Å²) in [4.78, 5) is 11.7. The van der Waals surface area contributed by atoms with Gasteiger partial charge in [0.05, 0.1) is 11.7 Å². The molecule has 1 rings (SSSR count). The monoisotopic (exact) mass is 239 g/mol. The van der Waals surface area contributed by atoms with Gasteiger partial charge >= 0.3 is 0 Å². The van der Waals surface area contributed by atoms with E-state index >= 15 is 0 Å². The van der Waals surface area contributed by atoms with E-state index in [4.69, 9.17) is 0 Å². The number of carbonyl (C=O) groups is 1. The molecular formula is C13H18FNO2. The normalized spacial score (nSPS) is 12.2. The molecule has 0 aliphatic heterocycles. The van der Waals surface area contributed by atoms with Gasteiger partial charge in [-0.1, -0.05) is 25.0 Å². The molecule has 1 amide bonds. The third kappa shape index (κ3) is 4.15. The molecule has 0 bridgehead atoms. The van der Waals surface area contributed by atoms with E-state index in [2.05, 4.69) is 5.32 Å². The molecule has 0 fully saturated rings. The molecule has 0 aromatic heterocycles. The Balaban J connectivity index is 2.61. The third-order valence-electron chi connectivity index (χ3n) is 2.49. The number of aliphatic hydroxyl groups excluding tert-OH is 1. The fourth-order valence-electron chi connectivity index (χ4n) is 1.55. The lowest BCUT2D eigenvalue weighted by atomic mass is 10.1. The van der Waals surface area contributed by atoms with E-state index < -0.39 is 17.8 Å². The van der Waals surface area contributed by atoms with Crippen molar-refractivity contribution in [3.63, 3.8) is 0 Å². The second-order valence-corrected chi connectivity index (χ2v) is 4.14. The lowest BCUT2D eigenvalue weighted by Crippen LogP contribution is -2.32. The first kappa shape index (κ1) is 13.6. The molecule has 3 nitrogen and oxygen atoms in total. The van der Waals surface area contributed by atoms with E-state index in [1.807, 2.05) is 6.92 Å². The molecule has 0 aliphatic rings. The van der Waals surface area contributed by atoms with E-state index in [1.54, 1.807) is 13.0 Å². The van der Waals surface area contributed by atoms with Gasteiger partial charge < -0.3 is 10.4 Å². The lowest BCUT2D eigenvalue weighted by molar-refractivity contribution is 0.0906. The quantitative estimate of drug-likeness (QED) is 0.826. The van der Waals surface area contributed by atoms with Gasteiger partial charge in [-0.25, -0.2) is 4.39 Å². The SMILES string of the molecule is CCCC(O)CNC(=O)c1cc(C)ccc1F. The van der Waals surface area contributed by atoms with Crippen molar-refractivity contribution in [2.24, 2.45) is 0 Å². The van der Waals surface area contributed by atoms with Crippen molar-refractivity contribution in [1.29, 1.82) is 0 Å². The fraction of sp³-hybridized carbons (Fsp3) is 0.462. The highest BCUT2D eigenvalue weighted by Gasteiger charge is 2.12. The molecule has 0 spiro atoms. The minimum absolute atomic E-state index is 0.0219. The number of amides is 1. The highest BCUT2D eigenvalue weighted by molar-refractivity contribution is 5.94. The molecule has 17 heavy (non-hydrogen) atoms. The van der Waals surface area contributed by atoms with Crippen molar-refractivity contribution in [3.05, 3.63) is 35.1 Å². The van der Waals surface area contributed by atoms with Crippen LogP contribution in [0.15, 0.2) is 18.2 Å². The molecule has 4 heteroatoms. The first-order valence-corrected chi connectivity index (χ1v) is 5.77. The Kier molecular flexibility index (Phi) is 5.10. The van der Waals surface area contributed by atoms with E-state index in [-0.39, 0.29) is 12.1 Å². The first-order chi connectivity index (χ1) is 8.04. The summed E-state index contributed by atoms with van der Waals surface area (Å²) in [5, 5.41) is 12.0. The summed E-state index contributed by atoms with van der Waals surface area (Å²) in [6.07, 6.45) is 0.892. The van der Waals surface area contributed by atoms with Crippen LogP contribution in [0.1, 0.15) is 35.7 Å². The molecule has 94 valence electrons. The first-order valence-electron chi connectivity index (χ1n) is 5.77. The van der Waals surface area contributed by atoms with Crippen LogP contribution >= 0.6 is 0 Å². The van der Waals surface area contributed by atoms with Crippen LogP contribution in [0.4, 0.5) is 4.39 Å². The Morgan fingerprint density at radius 2 is 2.24 bits per heavy atom. The van der Waals surface area contributed by atoms with E-state index in [0.29, 0.717) is 6.42 Å². The zero-order valence-corrected chi connectivity index (χ0v) is 10.2. The molecule has 1 aromatic rings. The summed E-state index contributed by atoms with van der Waals surface area (Å²) in [5.74, 6) is -1.03. The second kappa shape index (κ2) is 6.35. The molecule has 1 atom stereocenters. The molecule has 0 heterocycles. The van der Waals surface area contributed by atoms with Crippen LogP contribution in [0.2, 0.25) is 0 Å². The number of hydrogen-bond acceptors (Lipinski definition) is 2. The fourth-order valence-corrected chi connectivity index (χ4v) is 1.55. The molecular weight excluding hydrogens is 221 g/mol. The van der Waals surface area contributed by atoms with Crippen molar-refractivity contribution in [3.8, 4) is 0 Å². The van der Waals surface area contributed by atoms with Gasteiger partial charge in [0.1, 0.15) is 5.82 Å². The Morgan fingerprint density at radius 1 is 1.53 bits per heavy atom. The number of halogens is 1. The highest BCUT2D eigenvalue weighted by Crippen LogP contribution is 2.09. The Bertz CT molecular complexity index is 393. The molecule has 2 N–H and O–H groups in total. The van der Waals surface area contributed by atoms with Crippen molar-refractivity contribution in [2.75, 3.05) is 6.54 Å². The minimum Gasteiger partial charge on any atom is -0.391 e. The standard InChI is InChI=1S/C13H18FNO2/c1-3-4-10(16)8-15-13(17)11-7-9(2)5-6-12(11)14/h5-7,10,16H,3-4,8H2,1-2H3,(H,15,17). The average molecular weight is 239 g/mol. The zero-order chi connectivity index (χ0) is 12.8. The summed E-state index contributed by atoms with van der Waals surface area (Å²) in [6, 6.07) is 4.38. The van der Waals surface area contributed by atoms with Crippen LogP contribution in [0.25, 0.3) is 0 Å². The number of hydrogen-bond donors (Lipinski definition) is 2. The van der Waals surface area contributed by atoms with Crippen LogP contribution < -0.4 is 5.32 Å².